The summed E-state index contributed by atoms with van der Waals surface area (Å²) < 4.78 is 10.7. The summed E-state index contributed by atoms with van der Waals surface area (Å²) in [6, 6.07) is 8.90. The molecule has 32 heavy (non-hydrogen) atoms. The molecule has 0 spiro atoms. The number of carbonyl (C=O) groups excluding carboxylic acids is 2. The highest BCUT2D eigenvalue weighted by molar-refractivity contribution is 5.96. The highest BCUT2D eigenvalue weighted by atomic mass is 16.5. The van der Waals surface area contributed by atoms with Crippen LogP contribution in [0.15, 0.2) is 36.9 Å². The predicted molar refractivity (Wildman–Crippen MR) is 120 cm³/mol. The molecule has 0 aliphatic rings. The SMILES string of the molecule is C=C(C)c1cc(Oc2c(C)cc(NNC(C#N)C(=O)NC(=O)OCC)cc2C)ccc1O. The lowest BCUT2D eigenvalue weighted by Gasteiger charge is -2.17. The van der Waals surface area contributed by atoms with Gasteiger partial charge in [0.25, 0.3) is 5.91 Å². The molecule has 0 radical (unpaired) electrons. The number of aryl methyl sites for hydroxylation is 2. The first kappa shape index (κ1) is 24.2. The van der Waals surface area contributed by atoms with Crippen LogP contribution in [0.4, 0.5) is 10.5 Å². The van der Waals surface area contributed by atoms with Crippen molar-refractivity contribution >= 4 is 23.3 Å². The van der Waals surface area contributed by atoms with E-state index in [2.05, 4.69) is 22.2 Å². The van der Waals surface area contributed by atoms with E-state index in [0.29, 0.717) is 28.3 Å². The number of amides is 2. The fourth-order valence-electron chi connectivity index (χ4n) is 2.87. The van der Waals surface area contributed by atoms with Gasteiger partial charge in [0.1, 0.15) is 17.2 Å². The quantitative estimate of drug-likeness (QED) is 0.456. The number of anilines is 1. The van der Waals surface area contributed by atoms with Crippen LogP contribution in [-0.2, 0) is 9.53 Å². The first-order valence-corrected chi connectivity index (χ1v) is 9.83. The van der Waals surface area contributed by atoms with E-state index >= 15 is 0 Å². The normalized spacial score (nSPS) is 11.1. The van der Waals surface area contributed by atoms with Gasteiger partial charge >= 0.3 is 6.09 Å². The fraction of sp³-hybridized carbons (Fsp3) is 0.261. The second-order valence-electron chi connectivity index (χ2n) is 7.04. The van der Waals surface area contributed by atoms with Gasteiger partial charge in [0, 0.05) is 11.3 Å². The second-order valence-corrected chi connectivity index (χ2v) is 7.04. The van der Waals surface area contributed by atoms with Gasteiger partial charge in [0.2, 0.25) is 0 Å². The number of nitriles is 1. The van der Waals surface area contributed by atoms with Gasteiger partial charge < -0.3 is 20.0 Å². The van der Waals surface area contributed by atoms with Crippen LogP contribution in [0.2, 0.25) is 0 Å². The van der Waals surface area contributed by atoms with Crippen molar-refractivity contribution in [2.75, 3.05) is 12.0 Å². The number of hydrogen-bond donors (Lipinski definition) is 4. The van der Waals surface area contributed by atoms with E-state index in [1.165, 1.54) is 0 Å². The molecular weight excluding hydrogens is 412 g/mol. The minimum Gasteiger partial charge on any atom is -0.507 e. The molecule has 0 bridgehead atoms. The zero-order valence-corrected chi connectivity index (χ0v) is 18.4. The van der Waals surface area contributed by atoms with Crippen LogP contribution in [0.3, 0.4) is 0 Å². The van der Waals surface area contributed by atoms with Gasteiger partial charge in [0.05, 0.1) is 12.7 Å². The number of hydrazine groups is 1. The van der Waals surface area contributed by atoms with Crippen LogP contribution in [0.25, 0.3) is 5.57 Å². The number of phenols is 1. The highest BCUT2D eigenvalue weighted by Gasteiger charge is 2.20. The van der Waals surface area contributed by atoms with Gasteiger partial charge in [-0.15, -0.1) is 0 Å². The van der Waals surface area contributed by atoms with E-state index in [1.54, 1.807) is 50.2 Å². The summed E-state index contributed by atoms with van der Waals surface area (Å²) in [4.78, 5) is 23.3. The largest absolute Gasteiger partial charge is 0.507 e. The molecule has 168 valence electrons. The van der Waals surface area contributed by atoms with E-state index in [0.717, 1.165) is 11.1 Å². The summed E-state index contributed by atoms with van der Waals surface area (Å²) in [6.07, 6.45) is -0.920. The Hall–Kier alpha value is -4.03. The number of nitrogens with one attached hydrogen (secondary N) is 3. The maximum absolute atomic E-state index is 12.0. The molecule has 9 heteroatoms. The number of imide groups is 1. The third kappa shape index (κ3) is 6.23. The van der Waals surface area contributed by atoms with Crippen LogP contribution in [0, 0.1) is 25.2 Å². The first-order chi connectivity index (χ1) is 15.2. The molecule has 1 atom stereocenters. The number of aromatic hydroxyl groups is 1. The molecule has 2 rings (SSSR count). The maximum Gasteiger partial charge on any atom is 0.413 e. The lowest BCUT2D eigenvalue weighted by molar-refractivity contribution is -0.121. The molecule has 2 amide bonds. The summed E-state index contributed by atoms with van der Waals surface area (Å²) in [7, 11) is 0. The molecule has 2 aromatic rings. The zero-order valence-electron chi connectivity index (χ0n) is 18.4. The number of hydrogen-bond acceptors (Lipinski definition) is 8. The van der Waals surface area contributed by atoms with E-state index in [4.69, 9.17) is 4.74 Å². The Labute approximate surface area is 186 Å². The number of carbonyl (C=O) groups is 2. The summed E-state index contributed by atoms with van der Waals surface area (Å²) in [5, 5.41) is 21.1. The van der Waals surface area contributed by atoms with Crippen molar-refractivity contribution in [1.29, 1.82) is 5.26 Å². The van der Waals surface area contributed by atoms with Gasteiger partial charge in [0.15, 0.2) is 6.04 Å². The molecule has 0 aliphatic heterocycles. The average Bonchev–Trinajstić information content (AvgIpc) is 2.72. The Balaban J connectivity index is 2.11. The third-order valence-electron chi connectivity index (χ3n) is 4.36. The van der Waals surface area contributed by atoms with E-state index in [9.17, 15) is 20.0 Å². The number of alkyl carbamates (subject to hydrolysis) is 1. The van der Waals surface area contributed by atoms with Crippen molar-refractivity contribution in [2.45, 2.75) is 33.7 Å². The van der Waals surface area contributed by atoms with Crippen molar-refractivity contribution in [3.05, 3.63) is 53.6 Å². The predicted octanol–water partition coefficient (Wildman–Crippen LogP) is 3.92. The smallest absolute Gasteiger partial charge is 0.413 e. The van der Waals surface area contributed by atoms with Gasteiger partial charge in [-0.2, -0.15) is 5.26 Å². The van der Waals surface area contributed by atoms with Crippen molar-refractivity contribution in [3.63, 3.8) is 0 Å². The lowest BCUT2D eigenvalue weighted by atomic mass is 10.1. The van der Waals surface area contributed by atoms with Crippen LogP contribution in [0.5, 0.6) is 17.2 Å². The Kier molecular flexibility index (Phi) is 8.21. The molecule has 1 unspecified atom stereocenters. The van der Waals surface area contributed by atoms with Crippen molar-refractivity contribution < 1.29 is 24.2 Å². The van der Waals surface area contributed by atoms with Gasteiger partial charge in [-0.3, -0.25) is 10.1 Å². The van der Waals surface area contributed by atoms with Crippen molar-refractivity contribution in [3.8, 4) is 23.3 Å². The van der Waals surface area contributed by atoms with Gasteiger partial charge in [-0.05, 0) is 74.7 Å². The standard InChI is InChI=1S/C23H26N4O5/c1-6-31-23(30)25-22(29)19(12-24)27-26-16-9-14(4)21(15(5)10-16)32-17-7-8-20(28)18(11-17)13(2)3/h7-11,19,26-28H,2,6H2,1,3-5H3,(H,25,29,30). The lowest BCUT2D eigenvalue weighted by Crippen LogP contribution is -2.47. The van der Waals surface area contributed by atoms with Gasteiger partial charge in [-0.25, -0.2) is 10.2 Å². The van der Waals surface area contributed by atoms with Crippen molar-refractivity contribution in [1.82, 2.24) is 10.7 Å². The minimum atomic E-state index is -1.33. The highest BCUT2D eigenvalue weighted by Crippen LogP contribution is 2.34. The fourth-order valence-corrected chi connectivity index (χ4v) is 2.87. The summed E-state index contributed by atoms with van der Waals surface area (Å²) in [6.45, 7) is 11.1. The number of allylic oxidation sites excluding steroid dienone is 1. The van der Waals surface area contributed by atoms with Crippen LogP contribution in [0.1, 0.15) is 30.5 Å². The molecule has 0 saturated heterocycles. The molecular formula is C23H26N4O5. The van der Waals surface area contributed by atoms with Crippen LogP contribution in [-0.4, -0.2) is 29.8 Å². The number of rotatable bonds is 8. The van der Waals surface area contributed by atoms with Crippen molar-refractivity contribution in [2.24, 2.45) is 0 Å². The molecule has 0 fully saturated rings. The number of nitrogens with zero attached hydrogens (tertiary/aromatic N) is 1. The molecule has 0 aromatic heterocycles. The van der Waals surface area contributed by atoms with E-state index in [1.807, 2.05) is 19.2 Å². The molecule has 9 nitrogen and oxygen atoms in total. The zero-order chi connectivity index (χ0) is 23.8. The molecule has 0 heterocycles. The average molecular weight is 438 g/mol. The molecule has 0 aliphatic carbocycles. The second kappa shape index (κ2) is 10.8. The Bertz CT molecular complexity index is 1050. The third-order valence-corrected chi connectivity index (χ3v) is 4.36. The Morgan fingerprint density at radius 3 is 2.44 bits per heavy atom. The van der Waals surface area contributed by atoms with Crippen LogP contribution >= 0.6 is 0 Å². The first-order valence-electron chi connectivity index (χ1n) is 9.83. The topological polar surface area (TPSA) is 133 Å². The minimum absolute atomic E-state index is 0.105. The molecule has 4 N–H and O–H groups in total. The maximum atomic E-state index is 12.0. The number of phenolic OH excluding ortho intramolecular Hbond substituents is 1. The van der Waals surface area contributed by atoms with E-state index < -0.39 is 18.0 Å². The summed E-state index contributed by atoms with van der Waals surface area (Å²) >= 11 is 0. The van der Waals surface area contributed by atoms with Gasteiger partial charge in [-0.1, -0.05) is 6.58 Å². The Morgan fingerprint density at radius 1 is 1.22 bits per heavy atom. The summed E-state index contributed by atoms with van der Waals surface area (Å²) in [5.74, 6) is 0.465. The number of benzene rings is 2. The molecule has 0 saturated carbocycles. The van der Waals surface area contributed by atoms with Crippen LogP contribution < -0.4 is 20.9 Å². The summed E-state index contributed by atoms with van der Waals surface area (Å²) in [5.41, 5.74) is 8.87. The number of ether oxygens (including phenoxy) is 2. The molecule has 2 aromatic carbocycles. The monoisotopic (exact) mass is 438 g/mol. The van der Waals surface area contributed by atoms with E-state index in [-0.39, 0.29) is 12.4 Å². The Morgan fingerprint density at radius 2 is 1.88 bits per heavy atom.